The molecule has 1 heterocycles. The standard InChI is InChI=1S/C44H59NS/c1-14-17-29-18-15-21-38-40(29)46-28-45(38)39-36(30-22-32(41(2,3)4)26-33(23-30)42(5,6)7)19-16-20-37(39)31-24-34(43(8,9)10)27-35(25-31)44(11,12)13/h16,19-20,22-27,29H,14-15,17-18,21H2,1-13H3. The van der Waals surface area contributed by atoms with Gasteiger partial charge in [0.1, 0.15) is 0 Å². The summed E-state index contributed by atoms with van der Waals surface area (Å²) in [7, 11) is 0. The topological polar surface area (TPSA) is 3.24 Å². The first-order valence-corrected chi connectivity index (χ1v) is 18.5. The van der Waals surface area contributed by atoms with Crippen molar-refractivity contribution in [2.45, 2.75) is 144 Å². The highest BCUT2D eigenvalue weighted by Gasteiger charge is 2.36. The van der Waals surface area contributed by atoms with Crippen LogP contribution in [0.4, 0.5) is 5.69 Å². The summed E-state index contributed by atoms with van der Waals surface area (Å²) < 4.78 is 0. The molecule has 0 bridgehead atoms. The van der Waals surface area contributed by atoms with Crippen molar-refractivity contribution < 1.29 is 0 Å². The molecule has 0 spiro atoms. The zero-order valence-corrected chi connectivity index (χ0v) is 32.0. The van der Waals surface area contributed by atoms with Gasteiger partial charge in [-0.25, -0.2) is 0 Å². The zero-order chi connectivity index (χ0) is 33.8. The Kier molecular flexibility index (Phi) is 9.50. The fourth-order valence-electron chi connectivity index (χ4n) is 6.87. The third kappa shape index (κ3) is 7.18. The highest BCUT2D eigenvalue weighted by atomic mass is 32.2. The van der Waals surface area contributed by atoms with E-state index in [1.54, 1.807) is 4.91 Å². The molecule has 0 amide bonds. The maximum absolute atomic E-state index is 3.88. The first-order valence-electron chi connectivity index (χ1n) is 17.7. The molecular formula is C44H59NS. The molecule has 0 aromatic heterocycles. The number of hydrogen-bond acceptors (Lipinski definition) is 2. The largest absolute Gasteiger partial charge is 0.321 e. The second-order valence-electron chi connectivity index (χ2n) is 18.0. The van der Waals surface area contributed by atoms with Gasteiger partial charge in [0.05, 0.1) is 5.69 Å². The Morgan fingerprint density at radius 3 is 1.50 bits per heavy atom. The Morgan fingerprint density at radius 1 is 0.674 bits per heavy atom. The van der Waals surface area contributed by atoms with E-state index in [1.807, 2.05) is 11.8 Å². The third-order valence-corrected chi connectivity index (χ3v) is 11.0. The van der Waals surface area contributed by atoms with E-state index in [-0.39, 0.29) is 21.7 Å². The van der Waals surface area contributed by atoms with Gasteiger partial charge in [-0.1, -0.05) is 163 Å². The predicted molar refractivity (Wildman–Crippen MR) is 205 cm³/mol. The van der Waals surface area contributed by atoms with Crippen LogP contribution in [-0.4, -0.2) is 0 Å². The van der Waals surface area contributed by atoms with E-state index in [0.29, 0.717) is 5.92 Å². The van der Waals surface area contributed by atoms with E-state index in [4.69, 9.17) is 0 Å². The summed E-state index contributed by atoms with van der Waals surface area (Å²) in [6.45, 7) is 30.4. The normalized spacial score (nSPS) is 17.9. The van der Waals surface area contributed by atoms with E-state index in [1.165, 1.54) is 81.6 Å². The number of nitrogens with zero attached hydrogens (tertiary/aromatic N) is 1. The minimum atomic E-state index is 0.0463. The van der Waals surface area contributed by atoms with Crippen LogP contribution in [0.5, 0.6) is 0 Å². The lowest BCUT2D eigenvalue weighted by Gasteiger charge is -2.32. The quantitative estimate of drug-likeness (QED) is 0.275. The van der Waals surface area contributed by atoms with Crippen molar-refractivity contribution in [3.8, 4) is 22.3 Å². The van der Waals surface area contributed by atoms with Crippen molar-refractivity contribution in [1.29, 1.82) is 0 Å². The van der Waals surface area contributed by atoms with Gasteiger partial charge in [0.15, 0.2) is 5.88 Å². The summed E-state index contributed by atoms with van der Waals surface area (Å²) in [4.78, 5) is 4.06. The average Bonchev–Trinajstić information content (AvgIpc) is 3.39. The smallest absolute Gasteiger partial charge is 0.169 e. The molecule has 246 valence electrons. The van der Waals surface area contributed by atoms with E-state index in [2.05, 4.69) is 155 Å². The van der Waals surface area contributed by atoms with Crippen LogP contribution in [0.15, 0.2) is 65.2 Å². The SMILES string of the molecule is CCCC1CCCC2=C1S[C]N2c1c(-c2cc(C(C)(C)C)cc(C(C)(C)C)c2)cccc1-c1cc(C(C)(C)C)cc(C(C)(C)C)c1. The first-order chi connectivity index (χ1) is 21.3. The summed E-state index contributed by atoms with van der Waals surface area (Å²) in [5, 5.41) is 0. The van der Waals surface area contributed by atoms with Crippen molar-refractivity contribution in [3.05, 3.63) is 93.3 Å². The first kappa shape index (κ1) is 34.9. The van der Waals surface area contributed by atoms with E-state index in [9.17, 15) is 0 Å². The molecule has 1 nitrogen and oxygen atoms in total. The Bertz CT molecular complexity index is 1450. The van der Waals surface area contributed by atoms with Crippen molar-refractivity contribution in [2.24, 2.45) is 5.92 Å². The van der Waals surface area contributed by atoms with Crippen LogP contribution in [0.25, 0.3) is 22.3 Å². The molecule has 5 rings (SSSR count). The maximum Gasteiger partial charge on any atom is 0.169 e. The Labute approximate surface area is 286 Å². The molecule has 46 heavy (non-hydrogen) atoms. The van der Waals surface area contributed by atoms with E-state index < -0.39 is 0 Å². The average molecular weight is 634 g/mol. The van der Waals surface area contributed by atoms with Gasteiger partial charge in [-0.15, -0.1) is 0 Å². The van der Waals surface area contributed by atoms with Crippen molar-refractivity contribution in [2.75, 3.05) is 4.90 Å². The van der Waals surface area contributed by atoms with Crippen LogP contribution in [0.1, 0.15) is 144 Å². The molecule has 1 aliphatic carbocycles. The van der Waals surface area contributed by atoms with Crippen LogP contribution < -0.4 is 4.90 Å². The zero-order valence-electron chi connectivity index (χ0n) is 31.2. The molecule has 0 N–H and O–H groups in total. The van der Waals surface area contributed by atoms with Crippen LogP contribution in [-0.2, 0) is 21.7 Å². The minimum absolute atomic E-state index is 0.0463. The van der Waals surface area contributed by atoms with Gasteiger partial charge >= 0.3 is 0 Å². The fourth-order valence-corrected chi connectivity index (χ4v) is 7.98. The van der Waals surface area contributed by atoms with Crippen LogP contribution in [0, 0.1) is 11.8 Å². The Morgan fingerprint density at radius 2 is 1.11 bits per heavy atom. The van der Waals surface area contributed by atoms with Gasteiger partial charge in [0.25, 0.3) is 0 Å². The Balaban J connectivity index is 1.85. The van der Waals surface area contributed by atoms with Gasteiger partial charge in [0.2, 0.25) is 0 Å². The minimum Gasteiger partial charge on any atom is -0.321 e. The monoisotopic (exact) mass is 633 g/mol. The molecule has 1 aliphatic heterocycles. The van der Waals surface area contributed by atoms with Gasteiger partial charge in [-0.2, -0.15) is 0 Å². The molecule has 0 saturated heterocycles. The lowest BCUT2D eigenvalue weighted by atomic mass is 9.77. The molecule has 2 aliphatic rings. The van der Waals surface area contributed by atoms with Crippen LogP contribution >= 0.6 is 11.8 Å². The summed E-state index contributed by atoms with van der Waals surface area (Å²) in [5.41, 5.74) is 13.7. The molecule has 1 atom stereocenters. The molecular weight excluding hydrogens is 575 g/mol. The summed E-state index contributed by atoms with van der Waals surface area (Å²) >= 11 is 1.87. The molecule has 2 heteroatoms. The molecule has 0 fully saturated rings. The molecule has 0 saturated carbocycles. The van der Waals surface area contributed by atoms with Crippen molar-refractivity contribution in [1.82, 2.24) is 0 Å². The summed E-state index contributed by atoms with van der Waals surface area (Å²) in [6, 6.07) is 21.7. The number of benzene rings is 3. The Hall–Kier alpha value is -2.45. The third-order valence-electron chi connectivity index (χ3n) is 9.99. The van der Waals surface area contributed by atoms with E-state index in [0.717, 1.165) is 6.42 Å². The fraction of sp³-hybridized carbons (Fsp3) is 0.523. The molecule has 3 aromatic carbocycles. The number of para-hydroxylation sites is 1. The molecule has 2 radical (unpaired) electrons. The highest BCUT2D eigenvalue weighted by Crippen LogP contribution is 2.54. The van der Waals surface area contributed by atoms with Gasteiger partial charge < -0.3 is 4.90 Å². The second-order valence-corrected chi connectivity index (χ2v) is 18.8. The summed E-state index contributed by atoms with van der Waals surface area (Å²) in [6.07, 6.45) is 6.17. The lowest BCUT2D eigenvalue weighted by molar-refractivity contribution is 0.481. The number of hydrogen-bond donors (Lipinski definition) is 0. The number of rotatable bonds is 5. The molecule has 3 aromatic rings. The van der Waals surface area contributed by atoms with Crippen LogP contribution in [0.3, 0.4) is 0 Å². The molecule has 1 unspecified atom stereocenters. The van der Waals surface area contributed by atoms with Crippen molar-refractivity contribution in [3.63, 3.8) is 0 Å². The number of allylic oxidation sites excluding steroid dienone is 2. The predicted octanol–water partition coefficient (Wildman–Crippen LogP) is 13.6. The van der Waals surface area contributed by atoms with Gasteiger partial charge in [0, 0.05) is 21.7 Å². The lowest BCUT2D eigenvalue weighted by Crippen LogP contribution is -2.21. The highest BCUT2D eigenvalue weighted by molar-refractivity contribution is 8.05. The van der Waals surface area contributed by atoms with Crippen LogP contribution in [0.2, 0.25) is 0 Å². The van der Waals surface area contributed by atoms with Gasteiger partial charge in [-0.3, -0.25) is 0 Å². The van der Waals surface area contributed by atoms with Gasteiger partial charge in [-0.05, 0) is 86.6 Å². The van der Waals surface area contributed by atoms with E-state index >= 15 is 0 Å². The van der Waals surface area contributed by atoms with Crippen molar-refractivity contribution >= 4 is 17.4 Å². The summed E-state index contributed by atoms with van der Waals surface area (Å²) in [5.74, 6) is 4.53. The number of thioether (sulfide) groups is 1. The second kappa shape index (κ2) is 12.5. The maximum atomic E-state index is 3.88. The number of anilines is 1.